The Morgan fingerprint density at radius 2 is 1.86 bits per heavy atom. The van der Waals surface area contributed by atoms with Crippen molar-refractivity contribution in [1.29, 1.82) is 0 Å². The Labute approximate surface area is 171 Å². The summed E-state index contributed by atoms with van der Waals surface area (Å²) >= 11 is 1.35. The van der Waals surface area contributed by atoms with E-state index in [0.717, 1.165) is 5.56 Å². The summed E-state index contributed by atoms with van der Waals surface area (Å²) in [5.74, 6) is -0.678. The van der Waals surface area contributed by atoms with Crippen LogP contribution >= 0.6 is 11.3 Å². The second-order valence-corrected chi connectivity index (χ2v) is 6.97. The molecule has 1 aromatic heterocycles. The third kappa shape index (κ3) is 4.72. The highest BCUT2D eigenvalue weighted by atomic mass is 32.1. The number of hydrogen-bond donors (Lipinski definition) is 2. The minimum atomic E-state index is -1.05. The quantitative estimate of drug-likeness (QED) is 0.584. The number of carbonyl (C=O) groups is 2. The molecular formula is C21H20N2O5S. The van der Waals surface area contributed by atoms with Gasteiger partial charge in [-0.15, -0.1) is 11.3 Å². The Hall–Kier alpha value is -3.39. The van der Waals surface area contributed by atoms with Crippen molar-refractivity contribution < 1.29 is 24.2 Å². The lowest BCUT2D eigenvalue weighted by Gasteiger charge is -2.21. The Morgan fingerprint density at radius 1 is 1.10 bits per heavy atom. The third-order valence-electron chi connectivity index (χ3n) is 4.25. The van der Waals surface area contributed by atoms with Crippen molar-refractivity contribution in [2.75, 3.05) is 14.2 Å². The fourth-order valence-electron chi connectivity index (χ4n) is 2.92. The zero-order valence-electron chi connectivity index (χ0n) is 15.9. The molecule has 2 aromatic carbocycles. The Morgan fingerprint density at radius 3 is 2.52 bits per heavy atom. The fraction of sp³-hybridized carbons (Fsp3) is 0.190. The van der Waals surface area contributed by atoms with Crippen molar-refractivity contribution in [3.05, 3.63) is 65.2 Å². The zero-order valence-corrected chi connectivity index (χ0v) is 16.7. The minimum absolute atomic E-state index is 0.228. The van der Waals surface area contributed by atoms with Crippen molar-refractivity contribution in [3.63, 3.8) is 0 Å². The van der Waals surface area contributed by atoms with Crippen LogP contribution < -0.4 is 14.8 Å². The van der Waals surface area contributed by atoms with Crippen LogP contribution in [-0.2, 0) is 4.79 Å². The van der Waals surface area contributed by atoms with E-state index in [1.54, 1.807) is 23.6 Å². The second-order valence-electron chi connectivity index (χ2n) is 6.11. The molecule has 2 N–H and O–H groups in total. The molecule has 29 heavy (non-hydrogen) atoms. The molecule has 3 aromatic rings. The predicted octanol–water partition coefficient (Wildman–Crippen LogP) is 3.77. The molecule has 1 heterocycles. The zero-order chi connectivity index (χ0) is 20.8. The van der Waals surface area contributed by atoms with Crippen LogP contribution in [0.5, 0.6) is 11.5 Å². The van der Waals surface area contributed by atoms with Gasteiger partial charge in [-0.3, -0.25) is 9.59 Å². The number of thiazole rings is 1. The maximum atomic E-state index is 12.8. The number of aromatic nitrogens is 1. The van der Waals surface area contributed by atoms with E-state index in [-0.39, 0.29) is 12.1 Å². The molecule has 0 spiro atoms. The average molecular weight is 412 g/mol. The Bertz CT molecular complexity index is 1000. The van der Waals surface area contributed by atoms with Crippen LogP contribution in [0.1, 0.15) is 28.5 Å². The second kappa shape index (κ2) is 9.20. The highest BCUT2D eigenvalue weighted by Crippen LogP contribution is 2.36. The lowest BCUT2D eigenvalue weighted by Crippen LogP contribution is -2.30. The first-order valence-electron chi connectivity index (χ1n) is 8.78. The number of hydrogen-bond acceptors (Lipinski definition) is 6. The summed E-state index contributed by atoms with van der Waals surface area (Å²) in [7, 11) is 2.96. The van der Waals surface area contributed by atoms with Crippen molar-refractivity contribution in [2.24, 2.45) is 0 Å². The topological polar surface area (TPSA) is 97.8 Å². The minimum Gasteiger partial charge on any atom is -0.493 e. The number of nitrogens with zero attached hydrogens (tertiary/aromatic N) is 1. The molecule has 8 heteroatoms. The van der Waals surface area contributed by atoms with Crippen molar-refractivity contribution >= 4 is 23.2 Å². The number of amides is 1. The lowest BCUT2D eigenvalue weighted by atomic mass is 10.0. The van der Waals surface area contributed by atoms with Gasteiger partial charge in [0.1, 0.15) is 10.7 Å². The maximum Gasteiger partial charge on any atom is 0.305 e. The van der Waals surface area contributed by atoms with E-state index in [0.29, 0.717) is 22.1 Å². The molecule has 0 saturated carbocycles. The first kappa shape index (κ1) is 20.3. The van der Waals surface area contributed by atoms with Crippen molar-refractivity contribution in [3.8, 4) is 22.1 Å². The van der Waals surface area contributed by atoms with Crippen LogP contribution in [0.2, 0.25) is 0 Å². The molecule has 0 bridgehead atoms. The number of carboxylic acids is 1. The Balaban J connectivity index is 1.87. The monoisotopic (exact) mass is 412 g/mol. The molecular weight excluding hydrogens is 392 g/mol. The molecule has 0 aliphatic heterocycles. The average Bonchev–Trinajstić information content (AvgIpc) is 3.23. The number of benzene rings is 2. The molecule has 0 saturated heterocycles. The number of nitrogens with one attached hydrogen (secondary N) is 1. The molecule has 3 rings (SSSR count). The van der Waals surface area contributed by atoms with Gasteiger partial charge in [0.05, 0.1) is 26.7 Å². The molecule has 1 atom stereocenters. The molecule has 0 aliphatic rings. The Kier molecular flexibility index (Phi) is 6.46. The van der Waals surface area contributed by atoms with Crippen LogP contribution in [0.15, 0.2) is 53.9 Å². The number of aliphatic carboxylic acids is 1. The molecule has 7 nitrogen and oxygen atoms in total. The summed E-state index contributed by atoms with van der Waals surface area (Å²) in [6, 6.07) is 13.8. The number of carboxylic acid groups (broad SMARTS) is 1. The van der Waals surface area contributed by atoms with Crippen molar-refractivity contribution in [1.82, 2.24) is 10.3 Å². The standard InChI is InChI=1S/C21H20N2O5S/c1-27-17-10-6-9-14(19(17)28-2)15(11-18(24)25)22-20(26)16-12-29-21(23-16)13-7-4-3-5-8-13/h3-10,12,15H,11H2,1-2H3,(H,22,26)(H,24,25)/t15-/m0/s1. The summed E-state index contributed by atoms with van der Waals surface area (Å²) in [5, 5.41) is 14.5. The van der Waals surface area contributed by atoms with E-state index in [1.807, 2.05) is 30.3 Å². The number of methoxy groups -OCH3 is 2. The smallest absolute Gasteiger partial charge is 0.305 e. The van der Waals surface area contributed by atoms with Crippen molar-refractivity contribution in [2.45, 2.75) is 12.5 Å². The first-order valence-corrected chi connectivity index (χ1v) is 9.66. The van der Waals surface area contributed by atoms with Gasteiger partial charge in [0, 0.05) is 16.5 Å². The van der Waals surface area contributed by atoms with Gasteiger partial charge in [0.15, 0.2) is 11.5 Å². The molecule has 0 aliphatic carbocycles. The van der Waals surface area contributed by atoms with E-state index in [2.05, 4.69) is 10.3 Å². The van der Waals surface area contributed by atoms with Gasteiger partial charge in [-0.2, -0.15) is 0 Å². The third-order valence-corrected chi connectivity index (χ3v) is 5.14. The molecule has 0 radical (unpaired) electrons. The van der Waals surface area contributed by atoms with Gasteiger partial charge in [0.25, 0.3) is 5.91 Å². The summed E-state index contributed by atoms with van der Waals surface area (Å²) in [6.07, 6.45) is -0.315. The highest BCUT2D eigenvalue weighted by molar-refractivity contribution is 7.13. The maximum absolute atomic E-state index is 12.8. The molecule has 150 valence electrons. The number of para-hydroxylation sites is 1. The summed E-state index contributed by atoms with van der Waals surface area (Å²) < 4.78 is 10.7. The van der Waals surface area contributed by atoms with E-state index < -0.39 is 17.9 Å². The number of rotatable bonds is 8. The fourth-order valence-corrected chi connectivity index (χ4v) is 3.73. The van der Waals surface area contributed by atoms with Crippen LogP contribution in [0, 0.1) is 0 Å². The molecule has 1 amide bonds. The lowest BCUT2D eigenvalue weighted by molar-refractivity contribution is -0.137. The van der Waals surface area contributed by atoms with Crippen LogP contribution in [-0.4, -0.2) is 36.2 Å². The number of carbonyl (C=O) groups excluding carboxylic acids is 1. The highest BCUT2D eigenvalue weighted by Gasteiger charge is 2.25. The van der Waals surface area contributed by atoms with Gasteiger partial charge < -0.3 is 19.9 Å². The normalized spacial score (nSPS) is 11.5. The van der Waals surface area contributed by atoms with Gasteiger partial charge >= 0.3 is 5.97 Å². The predicted molar refractivity (Wildman–Crippen MR) is 110 cm³/mol. The van der Waals surface area contributed by atoms with Gasteiger partial charge in [-0.1, -0.05) is 42.5 Å². The number of ether oxygens (including phenoxy) is 2. The van der Waals surface area contributed by atoms with E-state index in [9.17, 15) is 14.7 Å². The van der Waals surface area contributed by atoms with E-state index in [1.165, 1.54) is 25.6 Å². The van der Waals surface area contributed by atoms with E-state index >= 15 is 0 Å². The van der Waals surface area contributed by atoms with Crippen LogP contribution in [0.25, 0.3) is 10.6 Å². The van der Waals surface area contributed by atoms with Crippen LogP contribution in [0.3, 0.4) is 0 Å². The van der Waals surface area contributed by atoms with Gasteiger partial charge in [0.2, 0.25) is 0 Å². The molecule has 0 fully saturated rings. The summed E-state index contributed by atoms with van der Waals surface area (Å²) in [4.78, 5) is 28.6. The largest absolute Gasteiger partial charge is 0.493 e. The van der Waals surface area contributed by atoms with Gasteiger partial charge in [-0.05, 0) is 6.07 Å². The first-order chi connectivity index (χ1) is 14.0. The molecule has 0 unspecified atom stereocenters. The summed E-state index contributed by atoms with van der Waals surface area (Å²) in [6.45, 7) is 0. The van der Waals surface area contributed by atoms with E-state index in [4.69, 9.17) is 9.47 Å². The summed E-state index contributed by atoms with van der Waals surface area (Å²) in [5.41, 5.74) is 1.65. The van der Waals surface area contributed by atoms with Gasteiger partial charge in [-0.25, -0.2) is 4.98 Å². The SMILES string of the molecule is COc1cccc([C@H](CC(=O)O)NC(=O)c2csc(-c3ccccc3)n2)c1OC. The van der Waals surface area contributed by atoms with Crippen LogP contribution in [0.4, 0.5) is 0 Å².